The molecule has 0 aliphatic carbocycles. The van der Waals surface area contributed by atoms with Crippen molar-refractivity contribution < 1.29 is 28.4 Å². The fourth-order valence-corrected chi connectivity index (χ4v) is 3.63. The fourth-order valence-electron chi connectivity index (χ4n) is 3.63. The number of benzene rings is 2. The van der Waals surface area contributed by atoms with Crippen molar-refractivity contribution in [3.63, 3.8) is 0 Å². The van der Waals surface area contributed by atoms with E-state index in [1.807, 2.05) is 53.7 Å². The number of carbonyl (C=O) groups is 2. The summed E-state index contributed by atoms with van der Waals surface area (Å²) >= 11 is 0. The van der Waals surface area contributed by atoms with Gasteiger partial charge in [-0.2, -0.15) is 0 Å². The second-order valence-corrected chi connectivity index (χ2v) is 8.89. The molecule has 7 heteroatoms. The maximum Gasteiger partial charge on any atom is 0.495 e. The zero-order valence-electron chi connectivity index (χ0n) is 19.4. The Labute approximate surface area is 184 Å². The van der Waals surface area contributed by atoms with Crippen molar-refractivity contribution in [1.29, 1.82) is 0 Å². The fraction of sp³-hybridized carbons (Fsp3) is 0.417. The van der Waals surface area contributed by atoms with Crippen molar-refractivity contribution in [3.8, 4) is 11.1 Å². The summed E-state index contributed by atoms with van der Waals surface area (Å²) in [5, 5.41) is 0. The number of rotatable bonds is 4. The maximum absolute atomic E-state index is 12.2. The van der Waals surface area contributed by atoms with Crippen LogP contribution in [0.2, 0.25) is 0 Å². The smallest absolute Gasteiger partial charge is 0.465 e. The highest BCUT2D eigenvalue weighted by Gasteiger charge is 2.52. The minimum atomic E-state index is -0.518. The van der Waals surface area contributed by atoms with Gasteiger partial charge in [0.15, 0.2) is 0 Å². The summed E-state index contributed by atoms with van der Waals surface area (Å²) in [6.45, 7) is 12.1. The van der Waals surface area contributed by atoms with Crippen LogP contribution in [0, 0.1) is 13.8 Å². The van der Waals surface area contributed by atoms with Gasteiger partial charge in [-0.25, -0.2) is 9.59 Å². The van der Waals surface area contributed by atoms with Gasteiger partial charge in [0.25, 0.3) is 0 Å². The average molecular weight is 424 g/mol. The van der Waals surface area contributed by atoms with E-state index in [2.05, 4.69) is 0 Å². The number of ether oxygens (including phenoxy) is 2. The topological polar surface area (TPSA) is 71.1 Å². The van der Waals surface area contributed by atoms with Crippen LogP contribution in [0.15, 0.2) is 30.3 Å². The number of hydrogen-bond donors (Lipinski definition) is 0. The molecule has 164 valence electrons. The van der Waals surface area contributed by atoms with Gasteiger partial charge in [-0.3, -0.25) is 0 Å². The predicted molar refractivity (Wildman–Crippen MR) is 120 cm³/mol. The molecule has 2 aromatic rings. The number of carbonyl (C=O) groups excluding carboxylic acids is 2. The van der Waals surface area contributed by atoms with Crippen molar-refractivity contribution in [3.05, 3.63) is 52.6 Å². The quantitative estimate of drug-likeness (QED) is 0.549. The highest BCUT2D eigenvalue weighted by atomic mass is 16.7. The molecule has 0 atom stereocenters. The summed E-state index contributed by atoms with van der Waals surface area (Å²) in [7, 11) is 2.15. The van der Waals surface area contributed by atoms with Crippen LogP contribution in [-0.2, 0) is 18.8 Å². The zero-order valence-corrected chi connectivity index (χ0v) is 19.4. The minimum absolute atomic E-state index is 0.285. The Balaban J connectivity index is 2.08. The Hall–Kier alpha value is -2.64. The molecule has 2 aromatic carbocycles. The van der Waals surface area contributed by atoms with Crippen molar-refractivity contribution in [2.45, 2.75) is 52.7 Å². The van der Waals surface area contributed by atoms with Gasteiger partial charge in [-0.1, -0.05) is 17.7 Å². The average Bonchev–Trinajstić information content (AvgIpc) is 2.94. The number of esters is 2. The SMILES string of the molecule is COC(=O)c1cc(C(=O)OC)cc(-c2cc(C)c(B3OC(C)(C)C(C)(C)O3)cc2C)c1. The van der Waals surface area contributed by atoms with Crippen LogP contribution >= 0.6 is 0 Å². The second kappa shape index (κ2) is 8.13. The Kier molecular flexibility index (Phi) is 6.04. The predicted octanol–water partition coefficient (Wildman–Crippen LogP) is 3.84. The van der Waals surface area contributed by atoms with Crippen LogP contribution in [0.25, 0.3) is 11.1 Å². The molecule has 31 heavy (non-hydrogen) atoms. The standard InChI is InChI=1S/C24H29BO6/c1-14-10-20(25-30-23(3,4)24(5,6)31-25)15(2)9-19(14)16-11-17(21(26)28-7)13-18(12-16)22(27)29-8/h9-13H,1-8H3. The first kappa shape index (κ1) is 23.0. The van der Waals surface area contributed by atoms with Crippen LogP contribution in [-0.4, -0.2) is 44.5 Å². The van der Waals surface area contributed by atoms with Crippen molar-refractivity contribution in [2.75, 3.05) is 14.2 Å². The first-order chi connectivity index (χ1) is 14.4. The second-order valence-electron chi connectivity index (χ2n) is 8.89. The molecule has 3 rings (SSSR count). The van der Waals surface area contributed by atoms with Gasteiger partial charge in [-0.05, 0) is 81.9 Å². The van der Waals surface area contributed by atoms with Crippen molar-refractivity contribution >= 4 is 24.5 Å². The summed E-state index contributed by atoms with van der Waals surface area (Å²) in [4.78, 5) is 24.3. The summed E-state index contributed by atoms with van der Waals surface area (Å²) < 4.78 is 22.1. The lowest BCUT2D eigenvalue weighted by Crippen LogP contribution is -2.41. The molecular weight excluding hydrogens is 395 g/mol. The Morgan fingerprint density at radius 1 is 0.774 bits per heavy atom. The molecule has 0 radical (unpaired) electrons. The molecule has 1 fully saturated rings. The van der Waals surface area contributed by atoms with E-state index in [1.165, 1.54) is 20.3 Å². The van der Waals surface area contributed by atoms with Gasteiger partial charge in [0.1, 0.15) is 0 Å². The molecule has 1 saturated heterocycles. The molecule has 0 unspecified atom stereocenters. The van der Waals surface area contributed by atoms with E-state index >= 15 is 0 Å². The molecule has 0 aromatic heterocycles. The zero-order chi connectivity index (χ0) is 23.1. The molecule has 0 saturated carbocycles. The third-order valence-electron chi connectivity index (χ3n) is 6.21. The summed E-state index contributed by atoms with van der Waals surface area (Å²) in [5.74, 6) is -1.04. The number of methoxy groups -OCH3 is 2. The minimum Gasteiger partial charge on any atom is -0.465 e. The first-order valence-electron chi connectivity index (χ1n) is 10.2. The Morgan fingerprint density at radius 2 is 1.26 bits per heavy atom. The first-order valence-corrected chi connectivity index (χ1v) is 10.2. The van der Waals surface area contributed by atoms with E-state index in [4.69, 9.17) is 18.8 Å². The number of hydrogen-bond acceptors (Lipinski definition) is 6. The van der Waals surface area contributed by atoms with Gasteiger partial charge in [0.2, 0.25) is 0 Å². The van der Waals surface area contributed by atoms with E-state index in [0.717, 1.165) is 27.7 Å². The van der Waals surface area contributed by atoms with E-state index in [-0.39, 0.29) is 11.1 Å². The molecule has 0 N–H and O–H groups in total. The molecule has 1 heterocycles. The van der Waals surface area contributed by atoms with Gasteiger partial charge in [-0.15, -0.1) is 0 Å². The summed E-state index contributed by atoms with van der Waals surface area (Å²) in [5.41, 5.74) is 4.24. The van der Waals surface area contributed by atoms with Crippen molar-refractivity contribution in [1.82, 2.24) is 0 Å². The Morgan fingerprint density at radius 3 is 1.71 bits per heavy atom. The normalized spacial score (nSPS) is 16.8. The monoisotopic (exact) mass is 424 g/mol. The highest BCUT2D eigenvalue weighted by Crippen LogP contribution is 2.37. The van der Waals surface area contributed by atoms with E-state index in [1.54, 1.807) is 12.1 Å². The number of aryl methyl sites for hydroxylation is 2. The molecule has 1 aliphatic heterocycles. The van der Waals surface area contributed by atoms with Crippen LogP contribution in [0.1, 0.15) is 59.5 Å². The van der Waals surface area contributed by atoms with E-state index in [9.17, 15) is 9.59 Å². The molecule has 0 spiro atoms. The van der Waals surface area contributed by atoms with Gasteiger partial charge in [0, 0.05) is 0 Å². The van der Waals surface area contributed by atoms with Crippen LogP contribution in [0.5, 0.6) is 0 Å². The third-order valence-corrected chi connectivity index (χ3v) is 6.21. The van der Waals surface area contributed by atoms with E-state index in [0.29, 0.717) is 0 Å². The summed E-state index contributed by atoms with van der Waals surface area (Å²) in [6, 6.07) is 8.97. The summed E-state index contributed by atoms with van der Waals surface area (Å²) in [6.07, 6.45) is 0. The van der Waals surface area contributed by atoms with Gasteiger partial charge in [0.05, 0.1) is 36.5 Å². The van der Waals surface area contributed by atoms with Crippen LogP contribution in [0.4, 0.5) is 0 Å². The maximum atomic E-state index is 12.2. The lowest BCUT2D eigenvalue weighted by Gasteiger charge is -2.32. The molecule has 0 amide bonds. The molecule has 6 nitrogen and oxygen atoms in total. The highest BCUT2D eigenvalue weighted by molar-refractivity contribution is 6.62. The molecular formula is C24H29BO6. The van der Waals surface area contributed by atoms with Crippen LogP contribution < -0.4 is 5.46 Å². The van der Waals surface area contributed by atoms with E-state index < -0.39 is 30.3 Å². The largest absolute Gasteiger partial charge is 0.495 e. The molecule has 1 aliphatic rings. The van der Waals surface area contributed by atoms with Gasteiger partial charge >= 0.3 is 19.1 Å². The Bertz CT molecular complexity index is 990. The lowest BCUT2D eigenvalue weighted by atomic mass is 9.74. The van der Waals surface area contributed by atoms with Crippen molar-refractivity contribution in [2.24, 2.45) is 0 Å². The molecule has 0 bridgehead atoms. The van der Waals surface area contributed by atoms with Crippen LogP contribution in [0.3, 0.4) is 0 Å². The lowest BCUT2D eigenvalue weighted by molar-refractivity contribution is 0.00578. The third kappa shape index (κ3) is 4.25. The van der Waals surface area contributed by atoms with Gasteiger partial charge < -0.3 is 18.8 Å².